The van der Waals surface area contributed by atoms with Gasteiger partial charge in [0.25, 0.3) is 0 Å². The van der Waals surface area contributed by atoms with Crippen LogP contribution >= 0.6 is 23.2 Å². The molecule has 1 saturated heterocycles. The van der Waals surface area contributed by atoms with Crippen LogP contribution in [0, 0.1) is 5.82 Å². The molecule has 1 unspecified atom stereocenters. The van der Waals surface area contributed by atoms with Gasteiger partial charge in [-0.2, -0.15) is 0 Å². The highest BCUT2D eigenvalue weighted by atomic mass is 35.5. The van der Waals surface area contributed by atoms with Crippen molar-refractivity contribution in [3.05, 3.63) is 63.9 Å². The van der Waals surface area contributed by atoms with Crippen LogP contribution in [0.3, 0.4) is 0 Å². The van der Waals surface area contributed by atoms with Gasteiger partial charge in [0.2, 0.25) is 0 Å². The zero-order valence-electron chi connectivity index (χ0n) is 14.2. The van der Waals surface area contributed by atoms with Gasteiger partial charge in [0.05, 0.1) is 10.1 Å². The fraction of sp³-hybridized carbons (Fsp3) is 0.278. The SMILES string of the molecule is O=C(NCc1ccc(Cl)cc1Cl)N1CCC(S(=O)(=O)c2ccc(F)cc2)C1. The molecule has 5 nitrogen and oxygen atoms in total. The van der Waals surface area contributed by atoms with E-state index >= 15 is 0 Å². The molecular weight excluding hydrogens is 414 g/mol. The molecule has 0 aliphatic carbocycles. The lowest BCUT2D eigenvalue weighted by atomic mass is 10.2. The molecule has 1 N–H and O–H groups in total. The molecule has 0 spiro atoms. The maximum atomic E-state index is 13.0. The third kappa shape index (κ3) is 4.54. The van der Waals surface area contributed by atoms with Gasteiger partial charge in [-0.1, -0.05) is 29.3 Å². The number of benzene rings is 2. The summed E-state index contributed by atoms with van der Waals surface area (Å²) >= 11 is 11.9. The average Bonchev–Trinajstić information content (AvgIpc) is 3.12. The summed E-state index contributed by atoms with van der Waals surface area (Å²) in [6.45, 7) is 0.617. The van der Waals surface area contributed by atoms with Gasteiger partial charge < -0.3 is 10.2 Å². The molecule has 9 heteroatoms. The van der Waals surface area contributed by atoms with Crippen LogP contribution in [0.2, 0.25) is 10.0 Å². The Morgan fingerprint density at radius 3 is 2.56 bits per heavy atom. The van der Waals surface area contributed by atoms with Crippen LogP contribution in [0.4, 0.5) is 9.18 Å². The van der Waals surface area contributed by atoms with E-state index in [9.17, 15) is 17.6 Å². The number of likely N-dealkylation sites (tertiary alicyclic amines) is 1. The highest BCUT2D eigenvalue weighted by molar-refractivity contribution is 7.92. The summed E-state index contributed by atoms with van der Waals surface area (Å²) in [6, 6.07) is 9.34. The van der Waals surface area contributed by atoms with Gasteiger partial charge in [-0.3, -0.25) is 0 Å². The summed E-state index contributed by atoms with van der Waals surface area (Å²) in [6.07, 6.45) is 0.328. The van der Waals surface area contributed by atoms with Crippen molar-refractivity contribution >= 4 is 39.1 Å². The van der Waals surface area contributed by atoms with Crippen LogP contribution in [0.1, 0.15) is 12.0 Å². The highest BCUT2D eigenvalue weighted by Gasteiger charge is 2.36. The minimum Gasteiger partial charge on any atom is -0.334 e. The van der Waals surface area contributed by atoms with Crippen LogP contribution in [0.25, 0.3) is 0 Å². The first-order valence-electron chi connectivity index (χ1n) is 8.23. The summed E-state index contributed by atoms with van der Waals surface area (Å²) < 4.78 is 38.3. The van der Waals surface area contributed by atoms with Crippen molar-refractivity contribution < 1.29 is 17.6 Å². The standard InChI is InChI=1S/C18H17Cl2FN2O3S/c19-13-2-1-12(17(20)9-13)10-22-18(24)23-8-7-16(11-23)27(25,26)15-5-3-14(21)4-6-15/h1-6,9,16H,7-8,10-11H2,(H,22,24). The Balaban J connectivity index is 1.61. The molecule has 0 saturated carbocycles. The molecular formula is C18H17Cl2FN2O3S. The average molecular weight is 431 g/mol. The number of amides is 2. The Labute approximate surface area is 167 Å². The Morgan fingerprint density at radius 2 is 1.89 bits per heavy atom. The van der Waals surface area contributed by atoms with Gasteiger partial charge in [-0.05, 0) is 48.4 Å². The maximum Gasteiger partial charge on any atom is 0.317 e. The Kier molecular flexibility index (Phi) is 5.93. The number of nitrogens with zero attached hydrogens (tertiary/aromatic N) is 1. The lowest BCUT2D eigenvalue weighted by Crippen LogP contribution is -2.39. The van der Waals surface area contributed by atoms with Gasteiger partial charge in [0, 0.05) is 29.7 Å². The van der Waals surface area contributed by atoms with E-state index in [0.717, 1.165) is 12.1 Å². The second kappa shape index (κ2) is 8.04. The van der Waals surface area contributed by atoms with E-state index < -0.39 is 20.9 Å². The molecule has 1 aliphatic heterocycles. The summed E-state index contributed by atoms with van der Waals surface area (Å²) in [5, 5.41) is 2.97. The largest absolute Gasteiger partial charge is 0.334 e. The fourth-order valence-corrected chi connectivity index (χ4v) is 5.10. The van der Waals surface area contributed by atoms with Crippen molar-refractivity contribution in [2.24, 2.45) is 0 Å². The summed E-state index contributed by atoms with van der Waals surface area (Å²) in [7, 11) is -3.62. The molecule has 27 heavy (non-hydrogen) atoms. The third-order valence-electron chi connectivity index (χ3n) is 4.46. The zero-order chi connectivity index (χ0) is 19.6. The Hall–Kier alpha value is -1.83. The molecule has 0 radical (unpaired) electrons. The topological polar surface area (TPSA) is 66.5 Å². The van der Waals surface area contributed by atoms with Crippen molar-refractivity contribution in [1.29, 1.82) is 0 Å². The number of hydrogen-bond acceptors (Lipinski definition) is 3. The van der Waals surface area contributed by atoms with Gasteiger partial charge >= 0.3 is 6.03 Å². The van der Waals surface area contributed by atoms with Crippen molar-refractivity contribution in [2.75, 3.05) is 13.1 Å². The molecule has 2 amide bonds. The van der Waals surface area contributed by atoms with E-state index in [1.165, 1.54) is 17.0 Å². The number of hydrogen-bond donors (Lipinski definition) is 1. The molecule has 0 bridgehead atoms. The van der Waals surface area contributed by atoms with Gasteiger partial charge in [0.1, 0.15) is 5.82 Å². The van der Waals surface area contributed by atoms with Gasteiger partial charge in [-0.15, -0.1) is 0 Å². The first-order chi connectivity index (χ1) is 12.8. The number of carbonyl (C=O) groups excluding carboxylic acids is 1. The van der Waals surface area contributed by atoms with Crippen molar-refractivity contribution in [1.82, 2.24) is 10.2 Å². The van der Waals surface area contributed by atoms with Crippen molar-refractivity contribution in [3.63, 3.8) is 0 Å². The minimum absolute atomic E-state index is 0.0594. The minimum atomic E-state index is -3.62. The smallest absolute Gasteiger partial charge is 0.317 e. The molecule has 1 heterocycles. The van der Waals surface area contributed by atoms with Crippen LogP contribution in [0.15, 0.2) is 47.4 Å². The molecule has 2 aromatic carbocycles. The second-order valence-corrected chi connectivity index (χ2v) is 9.32. The summed E-state index contributed by atoms with van der Waals surface area (Å²) in [4.78, 5) is 13.9. The van der Waals surface area contributed by atoms with E-state index in [0.29, 0.717) is 28.6 Å². The lowest BCUT2D eigenvalue weighted by molar-refractivity contribution is 0.208. The Morgan fingerprint density at radius 1 is 1.19 bits per heavy atom. The maximum absolute atomic E-state index is 13.0. The molecule has 3 rings (SSSR count). The van der Waals surface area contributed by atoms with E-state index in [-0.39, 0.29) is 24.0 Å². The number of rotatable bonds is 4. The van der Waals surface area contributed by atoms with Crippen LogP contribution in [0.5, 0.6) is 0 Å². The quantitative estimate of drug-likeness (QED) is 0.748. The predicted octanol–water partition coefficient (Wildman–Crippen LogP) is 3.89. The van der Waals surface area contributed by atoms with Gasteiger partial charge in [0.15, 0.2) is 9.84 Å². The lowest BCUT2D eigenvalue weighted by Gasteiger charge is -2.18. The van der Waals surface area contributed by atoms with Gasteiger partial charge in [-0.25, -0.2) is 17.6 Å². The second-order valence-electron chi connectivity index (χ2n) is 6.25. The number of urea groups is 1. The molecule has 2 aromatic rings. The molecule has 1 atom stereocenters. The number of nitrogens with one attached hydrogen (secondary N) is 1. The third-order valence-corrected chi connectivity index (χ3v) is 7.24. The van der Waals surface area contributed by atoms with E-state index in [1.807, 2.05) is 0 Å². The monoisotopic (exact) mass is 430 g/mol. The van der Waals surface area contributed by atoms with Crippen LogP contribution in [-0.4, -0.2) is 37.7 Å². The van der Waals surface area contributed by atoms with E-state index in [1.54, 1.807) is 18.2 Å². The zero-order valence-corrected chi connectivity index (χ0v) is 16.5. The number of sulfone groups is 1. The van der Waals surface area contributed by atoms with Crippen LogP contribution in [-0.2, 0) is 16.4 Å². The predicted molar refractivity (Wildman–Crippen MR) is 102 cm³/mol. The summed E-state index contributed by atoms with van der Waals surface area (Å²) in [5.74, 6) is -0.498. The van der Waals surface area contributed by atoms with E-state index in [4.69, 9.17) is 23.2 Å². The van der Waals surface area contributed by atoms with Crippen LogP contribution < -0.4 is 5.32 Å². The number of halogens is 3. The first kappa shape index (κ1) is 19.9. The fourth-order valence-electron chi connectivity index (χ4n) is 2.93. The normalized spacial score (nSPS) is 17.1. The number of carbonyl (C=O) groups is 1. The Bertz CT molecular complexity index is 952. The summed E-state index contributed by atoms with van der Waals surface area (Å²) in [5.41, 5.74) is 0.712. The van der Waals surface area contributed by atoms with Crippen molar-refractivity contribution in [3.8, 4) is 0 Å². The highest BCUT2D eigenvalue weighted by Crippen LogP contribution is 2.25. The first-order valence-corrected chi connectivity index (χ1v) is 10.5. The molecule has 1 aliphatic rings. The molecule has 0 aromatic heterocycles. The molecule has 144 valence electrons. The van der Waals surface area contributed by atoms with E-state index in [2.05, 4.69) is 5.32 Å². The van der Waals surface area contributed by atoms with Crippen molar-refractivity contribution in [2.45, 2.75) is 23.1 Å². The molecule has 1 fully saturated rings.